The maximum atomic E-state index is 12.3. The number of hydrogen-bond acceptors (Lipinski definition) is 3. The van der Waals surface area contributed by atoms with Crippen molar-refractivity contribution in [1.82, 2.24) is 10.3 Å². The van der Waals surface area contributed by atoms with E-state index >= 15 is 0 Å². The SMILES string of the molecule is CCC(C)C(NC(=O)c1[nH]c(C)c(C(C)=O)c1C)C(=O)O. The van der Waals surface area contributed by atoms with Gasteiger partial charge in [0.25, 0.3) is 5.91 Å². The third kappa shape index (κ3) is 3.51. The van der Waals surface area contributed by atoms with Crippen LogP contribution in [0.5, 0.6) is 0 Å². The van der Waals surface area contributed by atoms with Gasteiger partial charge in [-0.25, -0.2) is 4.79 Å². The number of carbonyl (C=O) groups is 3. The number of aliphatic carboxylic acids is 1. The van der Waals surface area contributed by atoms with Crippen LogP contribution < -0.4 is 5.32 Å². The molecular weight excluding hydrogens is 272 g/mol. The molecule has 0 bridgehead atoms. The Balaban J connectivity index is 3.07. The second kappa shape index (κ2) is 6.56. The number of nitrogens with one attached hydrogen (secondary N) is 2. The molecule has 0 aliphatic carbocycles. The number of ketones is 1. The van der Waals surface area contributed by atoms with E-state index in [-0.39, 0.29) is 17.4 Å². The molecule has 1 rings (SSSR count). The summed E-state index contributed by atoms with van der Waals surface area (Å²) in [4.78, 5) is 38.0. The smallest absolute Gasteiger partial charge is 0.326 e. The minimum absolute atomic E-state index is 0.128. The largest absolute Gasteiger partial charge is 0.480 e. The highest BCUT2D eigenvalue weighted by molar-refractivity contribution is 6.03. The van der Waals surface area contributed by atoms with Crippen LogP contribution in [0.1, 0.15) is 59.3 Å². The zero-order valence-electron chi connectivity index (χ0n) is 13.0. The number of carboxylic acids is 1. The molecule has 1 aromatic rings. The van der Waals surface area contributed by atoms with Gasteiger partial charge in [-0.2, -0.15) is 0 Å². The first-order valence-electron chi connectivity index (χ1n) is 6.94. The molecule has 0 aliphatic rings. The Morgan fingerprint density at radius 1 is 1.29 bits per heavy atom. The van der Waals surface area contributed by atoms with Gasteiger partial charge in [0.1, 0.15) is 11.7 Å². The highest BCUT2D eigenvalue weighted by atomic mass is 16.4. The van der Waals surface area contributed by atoms with Crippen LogP contribution in [0.25, 0.3) is 0 Å². The fourth-order valence-corrected chi connectivity index (χ4v) is 2.40. The van der Waals surface area contributed by atoms with Crippen LogP contribution in [0.3, 0.4) is 0 Å². The molecule has 3 N–H and O–H groups in total. The van der Waals surface area contributed by atoms with Gasteiger partial charge in [-0.05, 0) is 32.3 Å². The number of aryl methyl sites for hydroxylation is 1. The van der Waals surface area contributed by atoms with Crippen molar-refractivity contribution in [3.05, 3.63) is 22.5 Å². The van der Waals surface area contributed by atoms with Gasteiger partial charge in [0, 0.05) is 11.3 Å². The summed E-state index contributed by atoms with van der Waals surface area (Å²) < 4.78 is 0. The van der Waals surface area contributed by atoms with Crippen molar-refractivity contribution in [2.24, 2.45) is 5.92 Å². The summed E-state index contributed by atoms with van der Waals surface area (Å²) in [7, 11) is 0. The lowest BCUT2D eigenvalue weighted by Gasteiger charge is -2.20. The Morgan fingerprint density at radius 3 is 2.24 bits per heavy atom. The van der Waals surface area contributed by atoms with Gasteiger partial charge in [-0.3, -0.25) is 9.59 Å². The molecule has 6 heteroatoms. The molecule has 2 atom stereocenters. The first-order chi connectivity index (χ1) is 9.70. The standard InChI is InChI=1S/C15H22N2O4/c1-6-7(2)12(15(20)21)17-14(19)13-8(3)11(10(5)18)9(4)16-13/h7,12,16H,6H2,1-5H3,(H,17,19)(H,20,21). The number of carboxylic acid groups (broad SMARTS) is 1. The van der Waals surface area contributed by atoms with E-state index in [0.29, 0.717) is 23.2 Å². The molecule has 1 heterocycles. The lowest BCUT2D eigenvalue weighted by molar-refractivity contribution is -0.140. The maximum Gasteiger partial charge on any atom is 0.326 e. The van der Waals surface area contributed by atoms with Crippen molar-refractivity contribution in [1.29, 1.82) is 0 Å². The average molecular weight is 294 g/mol. The Labute approximate surface area is 123 Å². The summed E-state index contributed by atoms with van der Waals surface area (Å²) in [6.07, 6.45) is 0.638. The molecular formula is C15H22N2O4. The Hall–Kier alpha value is -2.11. The molecule has 21 heavy (non-hydrogen) atoms. The van der Waals surface area contributed by atoms with Crippen molar-refractivity contribution >= 4 is 17.7 Å². The number of rotatable bonds is 6. The van der Waals surface area contributed by atoms with Crippen LogP contribution in [0, 0.1) is 19.8 Å². The predicted molar refractivity (Wildman–Crippen MR) is 78.6 cm³/mol. The first kappa shape index (κ1) is 16.9. The first-order valence-corrected chi connectivity index (χ1v) is 6.94. The highest BCUT2D eigenvalue weighted by Crippen LogP contribution is 2.19. The van der Waals surface area contributed by atoms with E-state index in [0.717, 1.165) is 0 Å². The highest BCUT2D eigenvalue weighted by Gasteiger charge is 2.28. The van der Waals surface area contributed by atoms with Crippen molar-refractivity contribution in [2.75, 3.05) is 0 Å². The molecule has 116 valence electrons. The minimum Gasteiger partial charge on any atom is -0.480 e. The maximum absolute atomic E-state index is 12.3. The summed E-state index contributed by atoms with van der Waals surface area (Å²) in [5.41, 5.74) is 1.88. The molecule has 6 nitrogen and oxygen atoms in total. The second-order valence-corrected chi connectivity index (χ2v) is 5.36. The van der Waals surface area contributed by atoms with Gasteiger partial charge in [0.2, 0.25) is 0 Å². The molecule has 2 unspecified atom stereocenters. The zero-order chi connectivity index (χ0) is 16.3. The van der Waals surface area contributed by atoms with Gasteiger partial charge >= 0.3 is 5.97 Å². The van der Waals surface area contributed by atoms with E-state index in [9.17, 15) is 19.5 Å². The summed E-state index contributed by atoms with van der Waals surface area (Å²) >= 11 is 0. The van der Waals surface area contributed by atoms with Gasteiger partial charge in [-0.1, -0.05) is 20.3 Å². The third-order valence-electron chi connectivity index (χ3n) is 3.78. The molecule has 0 aromatic carbocycles. The Morgan fingerprint density at radius 2 is 1.86 bits per heavy atom. The molecule has 0 saturated heterocycles. The quantitative estimate of drug-likeness (QED) is 0.699. The van der Waals surface area contributed by atoms with E-state index in [2.05, 4.69) is 10.3 Å². The number of amides is 1. The lowest BCUT2D eigenvalue weighted by Crippen LogP contribution is -2.45. The van der Waals surface area contributed by atoms with E-state index in [1.165, 1.54) is 6.92 Å². The summed E-state index contributed by atoms with van der Waals surface area (Å²) in [5, 5.41) is 11.7. The van der Waals surface area contributed by atoms with Crippen LogP contribution in [-0.2, 0) is 4.79 Å². The van der Waals surface area contributed by atoms with Crippen LogP contribution in [-0.4, -0.2) is 33.8 Å². The van der Waals surface area contributed by atoms with Gasteiger partial charge < -0.3 is 15.4 Å². The fourth-order valence-electron chi connectivity index (χ4n) is 2.40. The molecule has 0 fully saturated rings. The Bertz CT molecular complexity index is 574. The molecule has 0 spiro atoms. The number of aromatic amines is 1. The van der Waals surface area contributed by atoms with Crippen molar-refractivity contribution in [3.8, 4) is 0 Å². The summed E-state index contributed by atoms with van der Waals surface area (Å²) in [6.45, 7) is 8.46. The van der Waals surface area contributed by atoms with Gasteiger partial charge in [-0.15, -0.1) is 0 Å². The van der Waals surface area contributed by atoms with Crippen molar-refractivity contribution in [2.45, 2.75) is 47.1 Å². The van der Waals surface area contributed by atoms with Crippen LogP contribution >= 0.6 is 0 Å². The van der Waals surface area contributed by atoms with E-state index in [1.807, 2.05) is 6.92 Å². The Kier molecular flexibility index (Phi) is 5.29. The zero-order valence-corrected chi connectivity index (χ0v) is 13.0. The predicted octanol–water partition coefficient (Wildman–Crippen LogP) is 2.06. The summed E-state index contributed by atoms with van der Waals surface area (Å²) in [5.74, 6) is -1.88. The number of aromatic nitrogens is 1. The average Bonchev–Trinajstić information content (AvgIpc) is 2.69. The van der Waals surface area contributed by atoms with Crippen molar-refractivity contribution < 1.29 is 19.5 Å². The molecule has 1 amide bonds. The molecule has 0 radical (unpaired) electrons. The number of Topliss-reactive ketones (excluding diaryl/α,β-unsaturated/α-hetero) is 1. The number of hydrogen-bond donors (Lipinski definition) is 3. The number of H-pyrrole nitrogens is 1. The third-order valence-corrected chi connectivity index (χ3v) is 3.78. The van der Waals surface area contributed by atoms with Crippen LogP contribution in [0.2, 0.25) is 0 Å². The second-order valence-electron chi connectivity index (χ2n) is 5.36. The molecule has 0 aliphatic heterocycles. The van der Waals surface area contributed by atoms with Crippen LogP contribution in [0.15, 0.2) is 0 Å². The van der Waals surface area contributed by atoms with Crippen LogP contribution in [0.4, 0.5) is 0 Å². The van der Waals surface area contributed by atoms with E-state index < -0.39 is 17.9 Å². The van der Waals surface area contributed by atoms with Crippen molar-refractivity contribution in [3.63, 3.8) is 0 Å². The van der Waals surface area contributed by atoms with Gasteiger partial charge in [0.05, 0.1) is 0 Å². The van der Waals surface area contributed by atoms with E-state index in [1.54, 1.807) is 20.8 Å². The topological polar surface area (TPSA) is 99.3 Å². The molecule has 1 aromatic heterocycles. The monoisotopic (exact) mass is 294 g/mol. The minimum atomic E-state index is -1.06. The lowest BCUT2D eigenvalue weighted by atomic mass is 9.99. The number of carbonyl (C=O) groups excluding carboxylic acids is 2. The molecule has 0 saturated carbocycles. The van der Waals surface area contributed by atoms with Gasteiger partial charge in [0.15, 0.2) is 5.78 Å². The fraction of sp³-hybridized carbons (Fsp3) is 0.533. The summed E-state index contributed by atoms with van der Waals surface area (Å²) in [6, 6.07) is -0.953. The van der Waals surface area contributed by atoms with E-state index in [4.69, 9.17) is 0 Å². The normalized spacial score (nSPS) is 13.6.